The number of nitrogens with zero attached hydrogens (tertiary/aromatic N) is 2. The van der Waals surface area contributed by atoms with Gasteiger partial charge in [0.1, 0.15) is 11.2 Å². The third-order valence-corrected chi connectivity index (χ3v) is 11.9. The second-order valence-corrected chi connectivity index (χ2v) is 15.8. The van der Waals surface area contributed by atoms with E-state index in [2.05, 4.69) is 178 Å². The molecule has 10 aromatic rings. The number of hydrogen-bond donors (Lipinski definition) is 0. The van der Waals surface area contributed by atoms with Crippen molar-refractivity contribution in [3.8, 4) is 78.4 Å². The van der Waals surface area contributed by atoms with Gasteiger partial charge in [0.25, 0.3) is 0 Å². The summed E-state index contributed by atoms with van der Waals surface area (Å²) in [5.74, 6) is 0.688. The van der Waals surface area contributed by atoms with E-state index in [0.717, 1.165) is 72.3 Å². The van der Waals surface area contributed by atoms with Crippen molar-refractivity contribution in [1.29, 1.82) is 0 Å². The Kier molecular flexibility index (Phi) is 7.84. The predicted molar refractivity (Wildman–Crippen MR) is 239 cm³/mol. The number of rotatable bonds is 6. The molecule has 58 heavy (non-hydrogen) atoms. The summed E-state index contributed by atoms with van der Waals surface area (Å²) in [6, 6.07) is 68.9. The molecule has 0 aliphatic heterocycles. The van der Waals surface area contributed by atoms with Crippen LogP contribution in [0.2, 0.25) is 0 Å². The molecule has 0 amide bonds. The molecule has 0 atom stereocenters. The molecule has 1 aliphatic carbocycles. The number of furan rings is 1. The van der Waals surface area contributed by atoms with Gasteiger partial charge in [0.15, 0.2) is 5.82 Å². The van der Waals surface area contributed by atoms with Gasteiger partial charge in [-0.15, -0.1) is 0 Å². The second-order valence-electron chi connectivity index (χ2n) is 15.8. The Morgan fingerprint density at radius 1 is 0.379 bits per heavy atom. The average Bonchev–Trinajstić information content (AvgIpc) is 3.78. The van der Waals surface area contributed by atoms with Crippen molar-refractivity contribution >= 4 is 21.9 Å². The summed E-state index contributed by atoms with van der Waals surface area (Å²) in [4.78, 5) is 10.6. The first-order valence-electron chi connectivity index (χ1n) is 19.9. The highest BCUT2D eigenvalue weighted by molar-refractivity contribution is 6.10. The molecule has 3 heteroatoms. The first kappa shape index (κ1) is 33.9. The van der Waals surface area contributed by atoms with Gasteiger partial charge >= 0.3 is 0 Å². The van der Waals surface area contributed by atoms with Crippen molar-refractivity contribution in [2.24, 2.45) is 0 Å². The number of fused-ring (bicyclic) bond motifs is 6. The van der Waals surface area contributed by atoms with Gasteiger partial charge < -0.3 is 4.42 Å². The van der Waals surface area contributed by atoms with Crippen molar-refractivity contribution in [3.63, 3.8) is 0 Å². The molecule has 0 N–H and O–H groups in total. The van der Waals surface area contributed by atoms with E-state index >= 15 is 0 Å². The van der Waals surface area contributed by atoms with E-state index in [4.69, 9.17) is 14.4 Å². The van der Waals surface area contributed by atoms with Crippen LogP contribution in [0.25, 0.3) is 100 Å². The normalized spacial score (nSPS) is 12.8. The van der Waals surface area contributed by atoms with Gasteiger partial charge in [-0.25, -0.2) is 9.97 Å². The maximum absolute atomic E-state index is 6.57. The molecule has 2 heterocycles. The highest BCUT2D eigenvalue weighted by Gasteiger charge is 2.37. The zero-order valence-corrected chi connectivity index (χ0v) is 32.3. The van der Waals surface area contributed by atoms with Crippen molar-refractivity contribution in [1.82, 2.24) is 9.97 Å². The molecule has 11 rings (SSSR count). The zero-order chi connectivity index (χ0) is 38.8. The molecule has 0 spiro atoms. The Morgan fingerprint density at radius 2 is 0.983 bits per heavy atom. The summed E-state index contributed by atoms with van der Waals surface area (Å²) in [6.45, 7) is 4.69. The molecule has 0 bridgehead atoms. The average molecular weight is 743 g/mol. The van der Waals surface area contributed by atoms with Crippen LogP contribution < -0.4 is 0 Å². The third kappa shape index (κ3) is 5.58. The molecule has 8 aromatic carbocycles. The number of para-hydroxylation sites is 2. The summed E-state index contributed by atoms with van der Waals surface area (Å²) < 4.78 is 6.57. The van der Waals surface area contributed by atoms with Crippen LogP contribution in [0.5, 0.6) is 0 Å². The molecular formula is C55H38N2O. The molecule has 274 valence electrons. The standard InChI is InChI=1S/C55H38N2O/c1-55(2)47-26-15-23-42(36-18-8-4-9-19-36)52(47)46-29-28-38(33-48(46)55)49-34-50(57-54(56-49)37-20-10-5-11-21-37)41-31-39(35-16-6-3-7-17-35)30-40(32-41)43-24-14-25-45-44-22-12-13-27-51(44)58-53(43)45/h3-34H,1-2H3. The predicted octanol–water partition coefficient (Wildman–Crippen LogP) is 14.7. The maximum Gasteiger partial charge on any atom is 0.160 e. The van der Waals surface area contributed by atoms with E-state index in [1.807, 2.05) is 30.3 Å². The van der Waals surface area contributed by atoms with Crippen LogP contribution in [-0.2, 0) is 5.41 Å². The maximum atomic E-state index is 6.57. The first-order chi connectivity index (χ1) is 28.5. The zero-order valence-electron chi connectivity index (χ0n) is 32.3. The molecule has 1 aliphatic rings. The Bertz CT molecular complexity index is 3180. The lowest BCUT2D eigenvalue weighted by molar-refractivity contribution is 0.660. The minimum atomic E-state index is -0.194. The molecule has 2 aromatic heterocycles. The summed E-state index contributed by atoms with van der Waals surface area (Å²) >= 11 is 0. The smallest absolute Gasteiger partial charge is 0.160 e. The highest BCUT2D eigenvalue weighted by Crippen LogP contribution is 2.53. The topological polar surface area (TPSA) is 38.9 Å². The van der Waals surface area contributed by atoms with Gasteiger partial charge in [-0.3, -0.25) is 0 Å². The number of hydrogen-bond acceptors (Lipinski definition) is 3. The van der Waals surface area contributed by atoms with Crippen molar-refractivity contribution in [2.75, 3.05) is 0 Å². The van der Waals surface area contributed by atoms with E-state index in [0.29, 0.717) is 5.82 Å². The SMILES string of the molecule is CC1(C)c2cc(-c3cc(-c4cc(-c5ccccc5)cc(-c5cccc6c5oc5ccccc56)c4)nc(-c4ccccc4)n3)ccc2-c2c(-c3ccccc3)cccc21. The molecular weight excluding hydrogens is 705 g/mol. The van der Waals surface area contributed by atoms with Gasteiger partial charge in [0.2, 0.25) is 0 Å². The van der Waals surface area contributed by atoms with Gasteiger partial charge in [0, 0.05) is 38.4 Å². The largest absolute Gasteiger partial charge is 0.455 e. The molecule has 3 nitrogen and oxygen atoms in total. The summed E-state index contributed by atoms with van der Waals surface area (Å²) in [5.41, 5.74) is 18.4. The Hall–Kier alpha value is -7.36. The third-order valence-electron chi connectivity index (χ3n) is 11.9. The minimum absolute atomic E-state index is 0.194. The van der Waals surface area contributed by atoms with Gasteiger partial charge in [-0.05, 0) is 86.5 Å². The van der Waals surface area contributed by atoms with E-state index in [9.17, 15) is 0 Å². The Morgan fingerprint density at radius 3 is 1.76 bits per heavy atom. The van der Waals surface area contributed by atoms with Crippen molar-refractivity contribution in [3.05, 3.63) is 205 Å². The lowest BCUT2D eigenvalue weighted by Gasteiger charge is -2.22. The number of aromatic nitrogens is 2. The van der Waals surface area contributed by atoms with E-state index in [1.165, 1.54) is 33.4 Å². The quantitative estimate of drug-likeness (QED) is 0.170. The lowest BCUT2D eigenvalue weighted by atomic mass is 9.81. The van der Waals surface area contributed by atoms with Gasteiger partial charge in [-0.1, -0.05) is 172 Å². The van der Waals surface area contributed by atoms with Crippen LogP contribution in [0.1, 0.15) is 25.0 Å². The minimum Gasteiger partial charge on any atom is -0.455 e. The first-order valence-corrected chi connectivity index (χ1v) is 19.9. The second kappa shape index (κ2) is 13.4. The molecule has 0 fully saturated rings. The summed E-state index contributed by atoms with van der Waals surface area (Å²) in [6.07, 6.45) is 0. The van der Waals surface area contributed by atoms with Crippen LogP contribution in [0.4, 0.5) is 0 Å². The lowest BCUT2D eigenvalue weighted by Crippen LogP contribution is -2.15. The van der Waals surface area contributed by atoms with Crippen LogP contribution in [0.15, 0.2) is 199 Å². The monoisotopic (exact) mass is 742 g/mol. The van der Waals surface area contributed by atoms with Crippen molar-refractivity contribution < 1.29 is 4.42 Å². The number of benzene rings is 8. The summed E-state index contributed by atoms with van der Waals surface area (Å²) in [5, 5.41) is 2.22. The van der Waals surface area contributed by atoms with Gasteiger partial charge in [-0.2, -0.15) is 0 Å². The van der Waals surface area contributed by atoms with Crippen molar-refractivity contribution in [2.45, 2.75) is 19.3 Å². The van der Waals surface area contributed by atoms with Crippen LogP contribution >= 0.6 is 0 Å². The van der Waals surface area contributed by atoms with E-state index in [1.54, 1.807) is 0 Å². The molecule has 0 unspecified atom stereocenters. The highest BCUT2D eigenvalue weighted by atomic mass is 16.3. The van der Waals surface area contributed by atoms with Gasteiger partial charge in [0.05, 0.1) is 11.4 Å². The van der Waals surface area contributed by atoms with Crippen LogP contribution in [-0.4, -0.2) is 9.97 Å². The molecule has 0 saturated carbocycles. The fourth-order valence-electron chi connectivity index (χ4n) is 8.97. The molecule has 0 saturated heterocycles. The van der Waals surface area contributed by atoms with E-state index in [-0.39, 0.29) is 5.41 Å². The fraction of sp³-hybridized carbons (Fsp3) is 0.0545. The van der Waals surface area contributed by atoms with Crippen LogP contribution in [0, 0.1) is 0 Å². The van der Waals surface area contributed by atoms with Crippen LogP contribution in [0.3, 0.4) is 0 Å². The Labute approximate surface area is 338 Å². The molecule has 0 radical (unpaired) electrons. The van der Waals surface area contributed by atoms with E-state index < -0.39 is 0 Å². The fourth-order valence-corrected chi connectivity index (χ4v) is 8.97. The summed E-state index contributed by atoms with van der Waals surface area (Å²) in [7, 11) is 0. The Balaban J connectivity index is 1.11.